The molecule has 0 spiro atoms. The summed E-state index contributed by atoms with van der Waals surface area (Å²) in [5.74, 6) is 0. The molecule has 5 rings (SSSR count). The van der Waals surface area contributed by atoms with Crippen LogP contribution in [0.3, 0.4) is 0 Å². The molecule has 0 amide bonds. The highest BCUT2D eigenvalue weighted by Gasteiger charge is 2.42. The lowest BCUT2D eigenvalue weighted by atomic mass is 10.0. The number of hydrogen-bond acceptors (Lipinski definition) is 2. The van der Waals surface area contributed by atoms with Gasteiger partial charge in [0, 0.05) is 34.3 Å². The fraction of sp³-hybridized carbons (Fsp3) is 0.304. The second-order valence-electron chi connectivity index (χ2n) is 7.75. The van der Waals surface area contributed by atoms with Gasteiger partial charge < -0.3 is 14.8 Å². The van der Waals surface area contributed by atoms with Crippen molar-refractivity contribution in [2.75, 3.05) is 4.90 Å². The van der Waals surface area contributed by atoms with Crippen LogP contribution in [0, 0.1) is 0 Å². The Bertz CT molecular complexity index is 995. The number of anilines is 1. The smallest absolute Gasteiger partial charge is 0.174 e. The summed E-state index contributed by atoms with van der Waals surface area (Å²) in [6.07, 6.45) is 9.21. The Kier molecular flexibility index (Phi) is 5.14. The number of hydrogen-bond donors (Lipinski definition) is 1. The molecule has 4 nitrogen and oxygen atoms in total. The van der Waals surface area contributed by atoms with Gasteiger partial charge in [-0.3, -0.25) is 4.98 Å². The lowest BCUT2D eigenvalue weighted by Crippen LogP contribution is -2.30. The monoisotopic (exact) mass is 466 g/mol. The zero-order valence-electron chi connectivity index (χ0n) is 16.0. The average Bonchev–Trinajstić information content (AvgIpc) is 3.48. The molecule has 1 aliphatic heterocycles. The number of aromatic nitrogens is 2. The molecule has 0 radical (unpaired) electrons. The molecule has 2 aromatic heterocycles. The molecule has 6 heteroatoms. The summed E-state index contributed by atoms with van der Waals surface area (Å²) in [6.45, 7) is 0. The van der Waals surface area contributed by atoms with Crippen LogP contribution in [0.5, 0.6) is 0 Å². The first-order chi connectivity index (χ1) is 14.2. The van der Waals surface area contributed by atoms with E-state index in [9.17, 15) is 0 Å². The van der Waals surface area contributed by atoms with Crippen molar-refractivity contribution in [1.29, 1.82) is 0 Å². The molecule has 1 saturated carbocycles. The molecule has 2 atom stereocenters. The van der Waals surface area contributed by atoms with E-state index in [0.29, 0.717) is 6.04 Å². The van der Waals surface area contributed by atoms with E-state index in [4.69, 9.17) is 12.2 Å². The Morgan fingerprint density at radius 1 is 1.00 bits per heavy atom. The molecule has 1 aromatic carbocycles. The van der Waals surface area contributed by atoms with Crippen LogP contribution in [0.1, 0.15) is 55.2 Å². The molecule has 3 aromatic rings. The van der Waals surface area contributed by atoms with Crippen molar-refractivity contribution >= 4 is 38.9 Å². The third kappa shape index (κ3) is 3.49. The van der Waals surface area contributed by atoms with Gasteiger partial charge in [0.1, 0.15) is 6.04 Å². The van der Waals surface area contributed by atoms with Gasteiger partial charge in [-0.2, -0.15) is 0 Å². The summed E-state index contributed by atoms with van der Waals surface area (Å²) < 4.78 is 3.54. The molecule has 1 N–H and O–H groups in total. The average molecular weight is 467 g/mol. The van der Waals surface area contributed by atoms with Crippen LogP contribution in [0.25, 0.3) is 0 Å². The molecule has 3 heterocycles. The van der Waals surface area contributed by atoms with Gasteiger partial charge in [-0.05, 0) is 73.6 Å². The van der Waals surface area contributed by atoms with Crippen molar-refractivity contribution in [2.45, 2.75) is 43.8 Å². The minimum Gasteiger partial charge on any atom is -0.351 e. The van der Waals surface area contributed by atoms with Gasteiger partial charge in [0.2, 0.25) is 0 Å². The summed E-state index contributed by atoms with van der Waals surface area (Å²) in [6, 6.07) is 19.5. The third-order valence-electron chi connectivity index (χ3n) is 6.04. The molecular formula is C23H23BrN4S. The molecule has 29 heavy (non-hydrogen) atoms. The SMILES string of the molecule is S=C1N[C@H](c2ccccn2)[C@@H](c2cccn2C2CCCC2)N1c1ccc(Br)cc1. The van der Waals surface area contributed by atoms with E-state index >= 15 is 0 Å². The molecule has 1 saturated heterocycles. The fourth-order valence-electron chi connectivity index (χ4n) is 4.71. The predicted molar refractivity (Wildman–Crippen MR) is 124 cm³/mol. The number of thiocarbonyl (C=S) groups is 1. The van der Waals surface area contributed by atoms with Gasteiger partial charge in [0.05, 0.1) is 11.7 Å². The number of nitrogens with zero attached hydrogens (tertiary/aromatic N) is 3. The maximum Gasteiger partial charge on any atom is 0.174 e. The third-order valence-corrected chi connectivity index (χ3v) is 6.88. The van der Waals surface area contributed by atoms with Crippen molar-refractivity contribution in [1.82, 2.24) is 14.9 Å². The molecule has 148 valence electrons. The summed E-state index contributed by atoms with van der Waals surface area (Å²) in [7, 11) is 0. The van der Waals surface area contributed by atoms with Crippen LogP contribution < -0.4 is 10.2 Å². The van der Waals surface area contributed by atoms with E-state index in [2.05, 4.69) is 84.4 Å². The van der Waals surface area contributed by atoms with Crippen molar-refractivity contribution in [2.24, 2.45) is 0 Å². The van der Waals surface area contributed by atoms with Crippen LogP contribution in [0.4, 0.5) is 5.69 Å². The second kappa shape index (κ2) is 7.92. The van der Waals surface area contributed by atoms with Crippen LogP contribution in [-0.2, 0) is 0 Å². The predicted octanol–water partition coefficient (Wildman–Crippen LogP) is 5.94. The van der Waals surface area contributed by atoms with Crippen LogP contribution in [0.15, 0.2) is 71.5 Å². The Labute approximate surface area is 185 Å². The van der Waals surface area contributed by atoms with Crippen LogP contribution >= 0.6 is 28.1 Å². The standard InChI is InChI=1S/C23H23BrN4S/c24-16-10-12-18(13-11-16)28-22(20-9-5-15-27(20)17-6-1-2-7-17)21(26-23(28)29)19-8-3-4-14-25-19/h3-5,8-15,17,21-22H,1-2,6-7H2,(H,26,29)/t21-,22-/m1/s1. The lowest BCUT2D eigenvalue weighted by molar-refractivity contribution is 0.461. The van der Waals surface area contributed by atoms with Gasteiger partial charge in [-0.25, -0.2) is 0 Å². The van der Waals surface area contributed by atoms with Gasteiger partial charge >= 0.3 is 0 Å². The highest BCUT2D eigenvalue weighted by atomic mass is 79.9. The van der Waals surface area contributed by atoms with Crippen LogP contribution in [0.2, 0.25) is 0 Å². The summed E-state index contributed by atoms with van der Waals surface area (Å²) in [5.41, 5.74) is 3.40. The first-order valence-corrected chi connectivity index (χ1v) is 11.4. The fourth-order valence-corrected chi connectivity index (χ4v) is 5.32. The Morgan fingerprint density at radius 3 is 2.52 bits per heavy atom. The molecule has 2 fully saturated rings. The van der Waals surface area contributed by atoms with E-state index in [1.54, 1.807) is 0 Å². The first kappa shape index (κ1) is 18.8. The Hall–Kier alpha value is -2.18. The first-order valence-electron chi connectivity index (χ1n) is 10.2. The molecule has 1 aliphatic carbocycles. The van der Waals surface area contributed by atoms with Crippen molar-refractivity contribution < 1.29 is 0 Å². The Balaban J connectivity index is 1.62. The molecule has 2 aliphatic rings. The zero-order valence-corrected chi connectivity index (χ0v) is 18.4. The van der Waals surface area contributed by atoms with Crippen molar-refractivity contribution in [3.8, 4) is 0 Å². The maximum atomic E-state index is 5.83. The molecular weight excluding hydrogens is 444 g/mol. The summed E-state index contributed by atoms with van der Waals surface area (Å²) in [4.78, 5) is 6.91. The second-order valence-corrected chi connectivity index (χ2v) is 9.05. The quantitative estimate of drug-likeness (QED) is 0.482. The van der Waals surface area contributed by atoms with E-state index in [-0.39, 0.29) is 12.1 Å². The van der Waals surface area contributed by atoms with E-state index in [1.807, 2.05) is 18.3 Å². The van der Waals surface area contributed by atoms with Gasteiger partial charge in [-0.15, -0.1) is 0 Å². The molecule has 0 bridgehead atoms. The number of pyridine rings is 1. The van der Waals surface area contributed by atoms with Gasteiger partial charge in [0.15, 0.2) is 5.11 Å². The number of nitrogens with one attached hydrogen (secondary N) is 1. The topological polar surface area (TPSA) is 33.1 Å². The van der Waals surface area contributed by atoms with Crippen molar-refractivity contribution in [3.63, 3.8) is 0 Å². The van der Waals surface area contributed by atoms with Crippen LogP contribution in [-0.4, -0.2) is 14.7 Å². The summed E-state index contributed by atoms with van der Waals surface area (Å²) in [5, 5.41) is 4.30. The minimum absolute atomic E-state index is 0.00222. The minimum atomic E-state index is 0.00222. The Morgan fingerprint density at radius 2 is 1.79 bits per heavy atom. The van der Waals surface area contributed by atoms with E-state index < -0.39 is 0 Å². The van der Waals surface area contributed by atoms with Crippen molar-refractivity contribution in [3.05, 3.63) is 82.9 Å². The van der Waals surface area contributed by atoms with E-state index in [1.165, 1.54) is 31.4 Å². The largest absolute Gasteiger partial charge is 0.351 e. The molecule has 0 unspecified atom stereocenters. The van der Waals surface area contributed by atoms with E-state index in [0.717, 1.165) is 21.0 Å². The number of benzene rings is 1. The highest BCUT2D eigenvalue weighted by molar-refractivity contribution is 9.10. The lowest BCUT2D eigenvalue weighted by Gasteiger charge is -2.30. The zero-order chi connectivity index (χ0) is 19.8. The van der Waals surface area contributed by atoms with Gasteiger partial charge in [0.25, 0.3) is 0 Å². The normalized spacial score (nSPS) is 22.2. The highest BCUT2D eigenvalue weighted by Crippen LogP contribution is 2.43. The number of rotatable bonds is 4. The maximum absolute atomic E-state index is 5.83. The van der Waals surface area contributed by atoms with Gasteiger partial charge in [-0.1, -0.05) is 34.8 Å². The summed E-state index contributed by atoms with van der Waals surface area (Å²) >= 11 is 9.37. The number of halogens is 1.